The zero-order valence-electron chi connectivity index (χ0n) is 26.4. The van der Waals surface area contributed by atoms with E-state index in [-0.39, 0.29) is 38.9 Å². The third kappa shape index (κ3) is 3.70. The zero-order chi connectivity index (χ0) is 30.0. The summed E-state index contributed by atoms with van der Waals surface area (Å²) in [6, 6.07) is 0. The summed E-state index contributed by atoms with van der Waals surface area (Å²) in [5, 5.41) is 19.8. The number of rotatable bonds is 2. The van der Waals surface area contributed by atoms with Crippen LogP contribution < -0.4 is 16.8 Å². The van der Waals surface area contributed by atoms with Crippen molar-refractivity contribution in [2.24, 2.45) is 51.2 Å². The lowest BCUT2D eigenvalue weighted by atomic mass is 9.34. The number of hydrogen-bond acceptors (Lipinski definition) is 7. The number of anilines is 3. The van der Waals surface area contributed by atoms with Crippen molar-refractivity contribution in [2.45, 2.75) is 105 Å². The van der Waals surface area contributed by atoms with Crippen LogP contribution in [0.4, 0.5) is 16.1 Å². The molecular formula is C33H49N7OS. The second kappa shape index (κ2) is 8.82. The van der Waals surface area contributed by atoms with Gasteiger partial charge in [-0.1, -0.05) is 71.5 Å². The molecule has 0 spiro atoms. The molecule has 2 heterocycles. The first-order chi connectivity index (χ1) is 19.6. The van der Waals surface area contributed by atoms with Gasteiger partial charge in [0.1, 0.15) is 5.82 Å². The van der Waals surface area contributed by atoms with Crippen LogP contribution >= 0.6 is 11.3 Å². The zero-order valence-corrected chi connectivity index (χ0v) is 27.3. The predicted octanol–water partition coefficient (Wildman–Crippen LogP) is 6.74. The fourth-order valence-electron chi connectivity index (χ4n) is 11.8. The first kappa shape index (κ1) is 28.4. The summed E-state index contributed by atoms with van der Waals surface area (Å²) in [5.74, 6) is 2.70. The molecule has 8 nitrogen and oxygen atoms in total. The topological polar surface area (TPSA) is 136 Å². The summed E-state index contributed by atoms with van der Waals surface area (Å²) < 4.78 is 0. The minimum atomic E-state index is -0.0326. The molecule has 5 aliphatic carbocycles. The number of nitrogens with two attached hydrogens (primary N) is 2. The van der Waals surface area contributed by atoms with Crippen LogP contribution in [0.15, 0.2) is 11.6 Å². The van der Waals surface area contributed by atoms with Gasteiger partial charge in [0.15, 0.2) is 0 Å². The van der Waals surface area contributed by atoms with E-state index >= 15 is 0 Å². The molecule has 3 unspecified atom stereocenters. The Kier molecular flexibility index (Phi) is 5.96. The number of allylic oxidation sites excluding steroid dienone is 2. The van der Waals surface area contributed by atoms with Crippen molar-refractivity contribution >= 4 is 33.3 Å². The van der Waals surface area contributed by atoms with Gasteiger partial charge in [-0.25, -0.2) is 0 Å². The van der Waals surface area contributed by atoms with E-state index in [1.165, 1.54) is 35.4 Å². The van der Waals surface area contributed by atoms with Gasteiger partial charge in [0.25, 0.3) is 0 Å². The molecule has 3 fully saturated rings. The standard InChI is InChI=1S/C33H49N7OS/c1-29(2)14-18-17(19(15-29)26(41)36-28-40-39-27(35)42-28)10-12-32(6)21(18)8-9-23-31(5)16-20-24(37-38-25(20)34)30(3,4)22(31)11-13-33(23,32)7/h8,17-19,22-23H,9-16H2,1-7H3,(H2,35,39)(H3,34,37,38)(H,36,40,41)/t17-,18?,19+,22?,23?,31-,32+,33+/m0/s1. The number of aromatic nitrogens is 4. The van der Waals surface area contributed by atoms with Gasteiger partial charge in [-0.3, -0.25) is 9.89 Å². The molecule has 9 heteroatoms. The van der Waals surface area contributed by atoms with E-state index in [0.717, 1.165) is 38.5 Å². The van der Waals surface area contributed by atoms with Crippen molar-refractivity contribution in [2.75, 3.05) is 16.8 Å². The first-order valence-corrected chi connectivity index (χ1v) is 16.9. The van der Waals surface area contributed by atoms with Crippen LogP contribution in [0.1, 0.15) is 105 Å². The molecule has 6 N–H and O–H groups in total. The molecule has 0 bridgehead atoms. The highest BCUT2D eigenvalue weighted by molar-refractivity contribution is 7.18. The first-order valence-electron chi connectivity index (χ1n) is 16.0. The summed E-state index contributed by atoms with van der Waals surface area (Å²) in [4.78, 5) is 13.8. The fraction of sp³-hybridized carbons (Fsp3) is 0.758. The van der Waals surface area contributed by atoms with Crippen molar-refractivity contribution in [1.29, 1.82) is 0 Å². The maximum Gasteiger partial charge on any atom is 0.229 e. The van der Waals surface area contributed by atoms with Gasteiger partial charge in [0.05, 0.1) is 0 Å². The largest absolute Gasteiger partial charge is 0.382 e. The van der Waals surface area contributed by atoms with Crippen molar-refractivity contribution in [1.82, 2.24) is 20.4 Å². The van der Waals surface area contributed by atoms with Gasteiger partial charge in [0.2, 0.25) is 16.2 Å². The SMILES string of the molecule is CC1(C)CC2C3=CCC4[C@@]5(C)Cc6c(N)n[nH]c6C(C)(C)C5CC[C@@]4(C)[C@]3(C)CC[C@@H]2[C@H](C(=O)Nc2nnc(N)s2)C1. The predicted molar refractivity (Wildman–Crippen MR) is 169 cm³/mol. The monoisotopic (exact) mass is 591 g/mol. The quantitative estimate of drug-likeness (QED) is 0.286. The van der Waals surface area contributed by atoms with Crippen LogP contribution in [-0.4, -0.2) is 26.3 Å². The Bertz CT molecular complexity index is 1470. The molecule has 5 aliphatic rings. The normalized spacial score (nSPS) is 41.3. The Balaban J connectivity index is 1.25. The molecule has 0 aliphatic heterocycles. The van der Waals surface area contributed by atoms with Crippen LogP contribution in [0.5, 0.6) is 0 Å². The lowest BCUT2D eigenvalue weighted by Gasteiger charge is -2.70. The summed E-state index contributed by atoms with van der Waals surface area (Å²) in [7, 11) is 0. The summed E-state index contributed by atoms with van der Waals surface area (Å²) in [5.41, 5.74) is 17.0. The number of aromatic amines is 1. The number of hydrogen-bond donors (Lipinski definition) is 4. The highest BCUT2D eigenvalue weighted by atomic mass is 32.1. The van der Waals surface area contributed by atoms with Crippen LogP contribution in [-0.2, 0) is 16.6 Å². The van der Waals surface area contributed by atoms with Gasteiger partial charge in [0, 0.05) is 22.6 Å². The van der Waals surface area contributed by atoms with Crippen LogP contribution in [0.3, 0.4) is 0 Å². The average molecular weight is 592 g/mol. The highest BCUT2D eigenvalue weighted by Crippen LogP contribution is 2.74. The lowest BCUT2D eigenvalue weighted by Crippen LogP contribution is -2.64. The van der Waals surface area contributed by atoms with Gasteiger partial charge < -0.3 is 16.8 Å². The minimum absolute atomic E-state index is 0.0163. The van der Waals surface area contributed by atoms with Crippen molar-refractivity contribution < 1.29 is 4.79 Å². The van der Waals surface area contributed by atoms with Crippen LogP contribution in [0.2, 0.25) is 0 Å². The maximum atomic E-state index is 13.8. The van der Waals surface area contributed by atoms with E-state index in [1.54, 1.807) is 5.57 Å². The molecule has 0 saturated heterocycles. The van der Waals surface area contributed by atoms with Gasteiger partial charge in [-0.15, -0.1) is 10.2 Å². The third-order valence-electron chi connectivity index (χ3n) is 13.7. The number of carbonyl (C=O) groups is 1. The second-order valence-electron chi connectivity index (χ2n) is 16.6. The highest BCUT2D eigenvalue weighted by Gasteiger charge is 2.67. The molecule has 0 aromatic carbocycles. The Morgan fingerprint density at radius 1 is 1.02 bits per heavy atom. The molecule has 3 saturated carbocycles. The summed E-state index contributed by atoms with van der Waals surface area (Å²) in [6.45, 7) is 17.3. The lowest BCUT2D eigenvalue weighted by molar-refractivity contribution is -0.156. The average Bonchev–Trinajstić information content (AvgIpc) is 3.48. The Morgan fingerprint density at radius 3 is 2.50 bits per heavy atom. The van der Waals surface area contributed by atoms with Crippen molar-refractivity contribution in [3.8, 4) is 0 Å². The summed E-state index contributed by atoms with van der Waals surface area (Å²) >= 11 is 1.24. The van der Waals surface area contributed by atoms with Crippen LogP contribution in [0.25, 0.3) is 0 Å². The van der Waals surface area contributed by atoms with E-state index in [4.69, 9.17) is 11.5 Å². The molecule has 0 radical (unpaired) electrons. The number of nitrogens with one attached hydrogen (secondary N) is 2. The Morgan fingerprint density at radius 2 is 1.79 bits per heavy atom. The number of nitrogen functional groups attached to an aromatic ring is 2. The maximum absolute atomic E-state index is 13.8. The minimum Gasteiger partial charge on any atom is -0.382 e. The molecule has 2 aromatic heterocycles. The van der Waals surface area contributed by atoms with E-state index < -0.39 is 0 Å². The van der Waals surface area contributed by atoms with Crippen molar-refractivity contribution in [3.63, 3.8) is 0 Å². The molecular weight excluding hydrogens is 542 g/mol. The molecule has 1 amide bonds. The van der Waals surface area contributed by atoms with Gasteiger partial charge in [-0.2, -0.15) is 5.10 Å². The number of fused-ring (bicyclic) bond motifs is 8. The number of amides is 1. The summed E-state index contributed by atoms with van der Waals surface area (Å²) in [6.07, 6.45) is 11.6. The van der Waals surface area contributed by atoms with Crippen LogP contribution in [0, 0.1) is 51.2 Å². The smallest absolute Gasteiger partial charge is 0.229 e. The van der Waals surface area contributed by atoms with E-state index in [0.29, 0.717) is 39.8 Å². The van der Waals surface area contributed by atoms with E-state index in [9.17, 15) is 4.79 Å². The molecule has 42 heavy (non-hydrogen) atoms. The van der Waals surface area contributed by atoms with E-state index in [1.807, 2.05) is 0 Å². The van der Waals surface area contributed by atoms with Gasteiger partial charge in [-0.05, 0) is 96.7 Å². The molecule has 7 rings (SSSR count). The van der Waals surface area contributed by atoms with Gasteiger partial charge >= 0.3 is 0 Å². The number of H-pyrrole nitrogens is 1. The van der Waals surface area contributed by atoms with E-state index in [2.05, 4.69) is 80.3 Å². The third-order valence-corrected chi connectivity index (χ3v) is 14.4. The Hall–Kier alpha value is -2.42. The van der Waals surface area contributed by atoms with Crippen molar-refractivity contribution in [3.05, 3.63) is 22.9 Å². The fourth-order valence-corrected chi connectivity index (χ4v) is 12.3. The second-order valence-corrected chi connectivity index (χ2v) is 17.6. The number of nitrogens with zero attached hydrogens (tertiary/aromatic N) is 3. The number of carbonyl (C=O) groups excluding carboxylic acids is 1. The Labute approximate surface area is 254 Å². The molecule has 8 atom stereocenters. The molecule has 2 aromatic rings. The molecule has 228 valence electrons.